The fourth-order valence-corrected chi connectivity index (χ4v) is 6.44. The SMILES string of the molecule is C=CCn1c(SCC(=O)Nc2ncc(Cc3c(Cl)cccc3Cl)s2)nnc1C(c1ccccc1)c1ccccc1. The zero-order chi connectivity index (χ0) is 27.9. The zero-order valence-corrected chi connectivity index (χ0v) is 24.5. The van der Waals surface area contributed by atoms with Gasteiger partial charge in [0.05, 0.1) is 11.7 Å². The van der Waals surface area contributed by atoms with Crippen LogP contribution in [0.1, 0.15) is 33.3 Å². The maximum Gasteiger partial charge on any atom is 0.236 e. The number of benzene rings is 3. The highest BCUT2D eigenvalue weighted by atomic mass is 35.5. The summed E-state index contributed by atoms with van der Waals surface area (Å²) in [5.74, 6) is 0.655. The van der Waals surface area contributed by atoms with Crippen LogP contribution in [0, 0.1) is 0 Å². The molecule has 0 aliphatic carbocycles. The highest BCUT2D eigenvalue weighted by Crippen LogP contribution is 2.33. The lowest BCUT2D eigenvalue weighted by atomic mass is 9.90. The van der Waals surface area contributed by atoms with Crippen LogP contribution >= 0.6 is 46.3 Å². The smallest absolute Gasteiger partial charge is 0.236 e. The molecule has 0 fully saturated rings. The summed E-state index contributed by atoms with van der Waals surface area (Å²) in [6, 6.07) is 25.9. The van der Waals surface area contributed by atoms with Gasteiger partial charge in [0, 0.05) is 34.1 Å². The molecule has 0 bridgehead atoms. The van der Waals surface area contributed by atoms with Gasteiger partial charge in [-0.15, -0.1) is 28.1 Å². The first-order chi connectivity index (χ1) is 19.5. The van der Waals surface area contributed by atoms with Crippen molar-refractivity contribution in [3.8, 4) is 0 Å². The Morgan fingerprint density at radius 1 is 0.975 bits per heavy atom. The maximum absolute atomic E-state index is 12.8. The number of anilines is 1. The van der Waals surface area contributed by atoms with Crippen LogP contribution in [-0.2, 0) is 17.8 Å². The van der Waals surface area contributed by atoms with Crippen molar-refractivity contribution in [2.24, 2.45) is 0 Å². The van der Waals surface area contributed by atoms with Gasteiger partial charge in [-0.3, -0.25) is 4.79 Å². The third-order valence-electron chi connectivity index (χ3n) is 6.13. The summed E-state index contributed by atoms with van der Waals surface area (Å²) in [5.41, 5.74) is 3.06. The molecular weight excluding hydrogens is 581 g/mol. The maximum atomic E-state index is 12.8. The number of rotatable bonds is 11. The summed E-state index contributed by atoms with van der Waals surface area (Å²) in [4.78, 5) is 18.1. The molecule has 0 unspecified atom stereocenters. The van der Waals surface area contributed by atoms with Crippen molar-refractivity contribution in [2.75, 3.05) is 11.1 Å². The number of carbonyl (C=O) groups excluding carboxylic acids is 1. The standard InChI is InChI=1S/C30H25Cl2N5OS2/c1-2-16-37-28(27(20-10-5-3-6-11-20)21-12-7-4-8-13-21)35-36-30(37)39-19-26(38)34-29-33-18-22(40-29)17-23-24(31)14-9-15-25(23)32/h2-15,18,27H,1,16-17,19H2,(H,33,34,38). The molecule has 0 spiro atoms. The molecule has 3 aromatic carbocycles. The van der Waals surface area contributed by atoms with Gasteiger partial charge in [-0.05, 0) is 28.8 Å². The molecule has 5 rings (SSSR count). The summed E-state index contributed by atoms with van der Waals surface area (Å²) in [7, 11) is 0. The van der Waals surface area contributed by atoms with Crippen molar-refractivity contribution in [3.63, 3.8) is 0 Å². The zero-order valence-electron chi connectivity index (χ0n) is 21.3. The molecule has 2 heterocycles. The third-order valence-corrected chi connectivity index (χ3v) is 8.71. The summed E-state index contributed by atoms with van der Waals surface area (Å²) in [6.07, 6.45) is 4.08. The van der Waals surface area contributed by atoms with Crippen molar-refractivity contribution in [3.05, 3.63) is 135 Å². The van der Waals surface area contributed by atoms with Crippen molar-refractivity contribution < 1.29 is 4.79 Å². The molecule has 40 heavy (non-hydrogen) atoms. The number of carbonyl (C=O) groups is 1. The lowest BCUT2D eigenvalue weighted by molar-refractivity contribution is -0.113. The molecule has 0 aliphatic heterocycles. The predicted molar refractivity (Wildman–Crippen MR) is 165 cm³/mol. The summed E-state index contributed by atoms with van der Waals surface area (Å²) in [5, 5.41) is 14.3. The second kappa shape index (κ2) is 13.3. The van der Waals surface area contributed by atoms with E-state index >= 15 is 0 Å². The number of amides is 1. The highest BCUT2D eigenvalue weighted by Gasteiger charge is 2.25. The Morgan fingerprint density at radius 3 is 2.25 bits per heavy atom. The number of allylic oxidation sites excluding steroid dienone is 1. The molecule has 0 radical (unpaired) electrons. The van der Waals surface area contributed by atoms with Crippen molar-refractivity contribution in [2.45, 2.75) is 24.0 Å². The fourth-order valence-electron chi connectivity index (χ4n) is 4.31. The molecule has 0 aliphatic rings. The lowest BCUT2D eigenvalue weighted by Gasteiger charge is -2.19. The first kappa shape index (κ1) is 28.1. The molecule has 0 saturated heterocycles. The second-order valence-electron chi connectivity index (χ2n) is 8.84. The molecule has 5 aromatic rings. The van der Waals surface area contributed by atoms with E-state index in [4.69, 9.17) is 23.2 Å². The van der Waals surface area contributed by atoms with Gasteiger partial charge in [0.25, 0.3) is 0 Å². The molecule has 1 N–H and O–H groups in total. The van der Waals surface area contributed by atoms with Crippen LogP contribution in [0.4, 0.5) is 5.13 Å². The van der Waals surface area contributed by atoms with Crippen LogP contribution in [0.5, 0.6) is 0 Å². The Bertz CT molecular complexity index is 1550. The Kier molecular flexibility index (Phi) is 9.34. The van der Waals surface area contributed by atoms with Gasteiger partial charge in [0.15, 0.2) is 10.3 Å². The van der Waals surface area contributed by atoms with Gasteiger partial charge in [-0.25, -0.2) is 4.98 Å². The number of nitrogens with zero attached hydrogens (tertiary/aromatic N) is 4. The van der Waals surface area contributed by atoms with E-state index in [1.807, 2.05) is 65.2 Å². The molecule has 0 atom stereocenters. The highest BCUT2D eigenvalue weighted by molar-refractivity contribution is 7.99. The van der Waals surface area contributed by atoms with E-state index in [-0.39, 0.29) is 17.6 Å². The van der Waals surface area contributed by atoms with Crippen molar-refractivity contribution >= 4 is 57.3 Å². The average Bonchev–Trinajstić information content (AvgIpc) is 3.58. The molecule has 2 aromatic heterocycles. The van der Waals surface area contributed by atoms with Crippen LogP contribution in [0.15, 0.2) is 103 Å². The first-order valence-electron chi connectivity index (χ1n) is 12.5. The fraction of sp³-hybridized carbons (Fsp3) is 0.133. The van der Waals surface area contributed by atoms with Gasteiger partial charge in [-0.1, -0.05) is 108 Å². The van der Waals surface area contributed by atoms with Crippen molar-refractivity contribution in [1.29, 1.82) is 0 Å². The molecule has 1 amide bonds. The monoisotopic (exact) mass is 605 g/mol. The van der Waals surface area contributed by atoms with E-state index < -0.39 is 0 Å². The van der Waals surface area contributed by atoms with E-state index in [0.29, 0.717) is 33.3 Å². The van der Waals surface area contributed by atoms with Crippen LogP contribution < -0.4 is 5.32 Å². The van der Waals surface area contributed by atoms with Crippen LogP contribution in [0.3, 0.4) is 0 Å². The largest absolute Gasteiger partial charge is 0.301 e. The molecule has 0 saturated carbocycles. The summed E-state index contributed by atoms with van der Waals surface area (Å²) >= 11 is 15.3. The number of thioether (sulfide) groups is 1. The molecular formula is C30H25Cl2N5OS2. The van der Waals surface area contributed by atoms with Gasteiger partial charge >= 0.3 is 0 Å². The van der Waals surface area contributed by atoms with Crippen LogP contribution in [-0.4, -0.2) is 31.4 Å². The number of nitrogens with one attached hydrogen (secondary N) is 1. The number of thiazole rings is 1. The quantitative estimate of drug-likeness (QED) is 0.123. The summed E-state index contributed by atoms with van der Waals surface area (Å²) < 4.78 is 2.02. The van der Waals surface area contributed by atoms with E-state index in [0.717, 1.165) is 27.4 Å². The Labute approximate surface area is 251 Å². The Balaban J connectivity index is 1.30. The average molecular weight is 607 g/mol. The van der Waals surface area contributed by atoms with E-state index in [2.05, 4.69) is 51.3 Å². The van der Waals surface area contributed by atoms with E-state index in [1.165, 1.54) is 23.1 Å². The van der Waals surface area contributed by atoms with Crippen LogP contribution in [0.2, 0.25) is 10.0 Å². The second-order valence-corrected chi connectivity index (χ2v) is 11.7. The topological polar surface area (TPSA) is 72.7 Å². The Hall–Kier alpha value is -3.43. The molecule has 202 valence electrons. The third kappa shape index (κ3) is 6.64. The van der Waals surface area contributed by atoms with E-state index in [1.54, 1.807) is 6.20 Å². The molecule has 10 heteroatoms. The normalized spacial score (nSPS) is 11.1. The lowest BCUT2D eigenvalue weighted by Crippen LogP contribution is -2.15. The number of halogens is 2. The minimum absolute atomic E-state index is 0.113. The number of hydrogen-bond donors (Lipinski definition) is 1. The Morgan fingerprint density at radius 2 is 1.62 bits per heavy atom. The summed E-state index contributed by atoms with van der Waals surface area (Å²) in [6.45, 7) is 4.45. The minimum atomic E-state index is -0.181. The van der Waals surface area contributed by atoms with Gasteiger partial charge in [-0.2, -0.15) is 0 Å². The van der Waals surface area contributed by atoms with Gasteiger partial charge in [0.2, 0.25) is 5.91 Å². The van der Waals surface area contributed by atoms with E-state index in [9.17, 15) is 4.79 Å². The minimum Gasteiger partial charge on any atom is -0.301 e. The van der Waals surface area contributed by atoms with Crippen LogP contribution in [0.25, 0.3) is 0 Å². The molecule has 6 nitrogen and oxygen atoms in total. The number of hydrogen-bond acceptors (Lipinski definition) is 6. The van der Waals surface area contributed by atoms with Gasteiger partial charge in [0.1, 0.15) is 5.82 Å². The number of aromatic nitrogens is 4. The first-order valence-corrected chi connectivity index (χ1v) is 15.0. The van der Waals surface area contributed by atoms with Gasteiger partial charge < -0.3 is 9.88 Å². The van der Waals surface area contributed by atoms with Crippen molar-refractivity contribution in [1.82, 2.24) is 19.7 Å². The predicted octanol–water partition coefficient (Wildman–Crippen LogP) is 7.73.